The molecule has 3 N–H and O–H groups in total. The number of rotatable bonds is 8. The molecule has 14 heteroatoms. The lowest BCUT2D eigenvalue weighted by Gasteiger charge is -2.28. The Hall–Kier alpha value is -2.51. The first kappa shape index (κ1) is 22.2. The molecule has 3 rings (SSSR count). The van der Waals surface area contributed by atoms with Crippen molar-refractivity contribution in [3.8, 4) is 0 Å². The summed E-state index contributed by atoms with van der Waals surface area (Å²) in [4.78, 5) is 11.6. The number of hydrogen-bond acceptors (Lipinski definition) is 7. The van der Waals surface area contributed by atoms with Gasteiger partial charge in [-0.1, -0.05) is 12.1 Å². The van der Waals surface area contributed by atoms with Gasteiger partial charge in [-0.05, 0) is 36.7 Å². The molecule has 0 spiro atoms. The zero-order valence-electron chi connectivity index (χ0n) is 15.2. The second kappa shape index (κ2) is 7.96. The molecule has 1 fully saturated rings. The van der Waals surface area contributed by atoms with E-state index in [0.717, 1.165) is 18.9 Å². The molecule has 164 valence electrons. The number of thioether (sulfide) groups is 1. The molecule has 1 aliphatic rings. The second-order valence-corrected chi connectivity index (χ2v) is 7.44. The summed E-state index contributed by atoms with van der Waals surface area (Å²) in [5, 5.41) is 2.82. The molecule has 0 atom stereocenters. The molecular weight excluding hydrogens is 441 g/mol. The van der Waals surface area contributed by atoms with Crippen LogP contribution in [0.15, 0.2) is 29.2 Å². The maximum Gasteiger partial charge on any atom is 0.460 e. The van der Waals surface area contributed by atoms with E-state index in [4.69, 9.17) is 0 Å². The van der Waals surface area contributed by atoms with Crippen molar-refractivity contribution in [3.63, 3.8) is 0 Å². The van der Waals surface area contributed by atoms with E-state index < -0.39 is 34.0 Å². The fourth-order valence-electron chi connectivity index (χ4n) is 2.16. The third-order valence-electron chi connectivity index (χ3n) is 3.86. The molecule has 0 amide bonds. The quantitative estimate of drug-likeness (QED) is 0.376. The van der Waals surface area contributed by atoms with Gasteiger partial charge in [0.1, 0.15) is 0 Å². The number of nitrogens with one attached hydrogen (secondary N) is 3. The highest BCUT2D eigenvalue weighted by Gasteiger charge is 2.73. The molecule has 2 aromatic rings. The van der Waals surface area contributed by atoms with Crippen molar-refractivity contribution in [1.29, 1.82) is 0 Å². The Morgan fingerprint density at radius 1 is 0.900 bits per heavy atom. The number of alkyl halides is 7. The van der Waals surface area contributed by atoms with Crippen LogP contribution in [0.5, 0.6) is 0 Å². The Bertz CT molecular complexity index is 904. The van der Waals surface area contributed by atoms with Crippen LogP contribution in [0.1, 0.15) is 12.8 Å². The molecular formula is C16H15F7N6S. The van der Waals surface area contributed by atoms with Crippen LogP contribution < -0.4 is 16.0 Å². The average molecular weight is 456 g/mol. The van der Waals surface area contributed by atoms with Crippen LogP contribution in [0.25, 0.3) is 0 Å². The highest BCUT2D eigenvalue weighted by atomic mass is 32.2. The number of halogens is 7. The van der Waals surface area contributed by atoms with Crippen molar-refractivity contribution < 1.29 is 30.7 Å². The first-order valence-corrected chi connectivity index (χ1v) is 9.32. The SMILES string of the molecule is CNc1nc(Nc2ccccc2SC(F)(F)C(F)(F)C(F)(F)F)nc(NC2CC2)n1. The number of nitrogens with zero attached hydrogens (tertiary/aromatic N) is 3. The van der Waals surface area contributed by atoms with Gasteiger partial charge in [-0.15, -0.1) is 0 Å². The minimum absolute atomic E-state index is 0.114. The lowest BCUT2D eigenvalue weighted by Crippen LogP contribution is -2.49. The van der Waals surface area contributed by atoms with Crippen LogP contribution in [-0.4, -0.2) is 45.4 Å². The van der Waals surface area contributed by atoms with Crippen LogP contribution in [-0.2, 0) is 0 Å². The van der Waals surface area contributed by atoms with Gasteiger partial charge in [-0.25, -0.2) is 0 Å². The second-order valence-electron chi connectivity index (χ2n) is 6.29. The summed E-state index contributed by atoms with van der Waals surface area (Å²) in [6, 6.07) is 5.01. The molecule has 6 nitrogen and oxygen atoms in total. The molecule has 0 unspecified atom stereocenters. The predicted molar refractivity (Wildman–Crippen MR) is 97.5 cm³/mol. The smallest absolute Gasteiger partial charge is 0.357 e. The molecule has 1 aromatic carbocycles. The van der Waals surface area contributed by atoms with Crippen LogP contribution in [0.4, 0.5) is 54.3 Å². The maximum atomic E-state index is 13.8. The van der Waals surface area contributed by atoms with Crippen LogP contribution >= 0.6 is 11.8 Å². The number of aromatic nitrogens is 3. The van der Waals surface area contributed by atoms with E-state index in [0.29, 0.717) is 0 Å². The largest absolute Gasteiger partial charge is 0.460 e. The van der Waals surface area contributed by atoms with Crippen molar-refractivity contribution in [1.82, 2.24) is 15.0 Å². The number of anilines is 4. The summed E-state index contributed by atoms with van der Waals surface area (Å²) in [6.07, 6.45) is -4.57. The van der Waals surface area contributed by atoms with Gasteiger partial charge in [0.2, 0.25) is 17.8 Å². The third kappa shape index (κ3) is 4.79. The minimum Gasteiger partial charge on any atom is -0.357 e. The summed E-state index contributed by atoms with van der Waals surface area (Å²) in [5.74, 6) is -6.02. The zero-order chi connectivity index (χ0) is 22.2. The lowest BCUT2D eigenvalue weighted by atomic mass is 10.3. The van der Waals surface area contributed by atoms with Crippen molar-refractivity contribution in [2.75, 3.05) is 23.0 Å². The zero-order valence-corrected chi connectivity index (χ0v) is 16.0. The van der Waals surface area contributed by atoms with Gasteiger partial charge in [0.05, 0.1) is 5.69 Å². The molecule has 0 radical (unpaired) electrons. The van der Waals surface area contributed by atoms with E-state index in [9.17, 15) is 30.7 Å². The number of benzene rings is 1. The van der Waals surface area contributed by atoms with E-state index in [2.05, 4.69) is 30.9 Å². The van der Waals surface area contributed by atoms with Crippen molar-refractivity contribution in [2.24, 2.45) is 0 Å². The van der Waals surface area contributed by atoms with E-state index in [1.165, 1.54) is 25.2 Å². The van der Waals surface area contributed by atoms with Crippen LogP contribution in [0, 0.1) is 0 Å². The highest BCUT2D eigenvalue weighted by molar-refractivity contribution is 8.00. The van der Waals surface area contributed by atoms with Gasteiger partial charge in [-0.2, -0.15) is 45.7 Å². The highest BCUT2D eigenvalue weighted by Crippen LogP contribution is 2.54. The average Bonchev–Trinajstić information content (AvgIpc) is 3.45. The lowest BCUT2D eigenvalue weighted by molar-refractivity contribution is -0.330. The summed E-state index contributed by atoms with van der Waals surface area (Å²) in [6.45, 7) is 0. The van der Waals surface area contributed by atoms with E-state index in [-0.39, 0.29) is 29.6 Å². The van der Waals surface area contributed by atoms with Gasteiger partial charge in [0.15, 0.2) is 0 Å². The summed E-state index contributed by atoms with van der Waals surface area (Å²) >= 11 is -0.908. The van der Waals surface area contributed by atoms with Gasteiger partial charge >= 0.3 is 17.4 Å². The fourth-order valence-corrected chi connectivity index (χ4v) is 3.06. The summed E-state index contributed by atoms with van der Waals surface area (Å²) in [5.41, 5.74) is -0.175. The van der Waals surface area contributed by atoms with E-state index in [1.54, 1.807) is 0 Å². The van der Waals surface area contributed by atoms with Crippen molar-refractivity contribution in [2.45, 2.75) is 41.1 Å². The minimum atomic E-state index is -6.41. The molecule has 0 aliphatic heterocycles. The topological polar surface area (TPSA) is 74.8 Å². The molecule has 0 saturated heterocycles. The third-order valence-corrected chi connectivity index (χ3v) is 4.95. The Balaban J connectivity index is 1.87. The molecule has 30 heavy (non-hydrogen) atoms. The van der Waals surface area contributed by atoms with Gasteiger partial charge in [0.25, 0.3) is 0 Å². The standard InChI is InChI=1S/C16H15F7N6S/c1-24-11-27-12(25-8-6-7-8)29-13(28-11)26-9-4-2-3-5-10(9)30-16(22,23)14(17,18)15(19,20)21/h2-5,8H,6-7H2,1H3,(H3,24,25,26,27,28,29). The summed E-state index contributed by atoms with van der Waals surface area (Å²) in [7, 11) is 1.53. The first-order chi connectivity index (χ1) is 13.9. The van der Waals surface area contributed by atoms with Crippen molar-refractivity contribution >= 4 is 35.3 Å². The van der Waals surface area contributed by atoms with Gasteiger partial charge < -0.3 is 16.0 Å². The Morgan fingerprint density at radius 3 is 2.10 bits per heavy atom. The summed E-state index contributed by atoms with van der Waals surface area (Å²) < 4.78 is 91.5. The number of para-hydroxylation sites is 1. The molecule has 1 saturated carbocycles. The molecule has 1 aromatic heterocycles. The fraction of sp³-hybridized carbons (Fsp3) is 0.438. The van der Waals surface area contributed by atoms with E-state index >= 15 is 0 Å². The van der Waals surface area contributed by atoms with E-state index in [1.807, 2.05) is 0 Å². The Labute approximate surface area is 170 Å². The predicted octanol–water partition coefficient (Wildman–Crippen LogP) is 5.11. The molecule has 1 aliphatic carbocycles. The maximum absolute atomic E-state index is 13.8. The first-order valence-electron chi connectivity index (χ1n) is 8.51. The normalized spacial score (nSPS) is 15.1. The van der Waals surface area contributed by atoms with Gasteiger partial charge in [0, 0.05) is 18.0 Å². The van der Waals surface area contributed by atoms with Crippen LogP contribution in [0.3, 0.4) is 0 Å². The Kier molecular flexibility index (Phi) is 5.89. The Morgan fingerprint density at radius 2 is 1.50 bits per heavy atom. The molecule has 0 bridgehead atoms. The monoisotopic (exact) mass is 456 g/mol. The van der Waals surface area contributed by atoms with Gasteiger partial charge in [-0.3, -0.25) is 0 Å². The molecule has 1 heterocycles. The number of hydrogen-bond donors (Lipinski definition) is 3. The van der Waals surface area contributed by atoms with Crippen molar-refractivity contribution in [3.05, 3.63) is 24.3 Å². The van der Waals surface area contributed by atoms with Crippen LogP contribution in [0.2, 0.25) is 0 Å².